The zero-order valence-corrected chi connectivity index (χ0v) is 27.7. The summed E-state index contributed by atoms with van der Waals surface area (Å²) in [6, 6.07) is 13.0. The lowest BCUT2D eigenvalue weighted by molar-refractivity contribution is -0.137. The molecule has 0 unspecified atom stereocenters. The molecule has 0 saturated carbocycles. The molecule has 0 atom stereocenters. The van der Waals surface area contributed by atoms with Crippen molar-refractivity contribution in [1.82, 2.24) is 4.72 Å². The van der Waals surface area contributed by atoms with E-state index < -0.39 is 38.5 Å². The van der Waals surface area contributed by atoms with Gasteiger partial charge in [0.25, 0.3) is 15.9 Å². The minimum atomic E-state index is -4.62. The molecular weight excluding hydrogens is 640 g/mol. The number of aliphatic imine (C=N–C) groups is 1. The molecule has 0 fully saturated rings. The van der Waals surface area contributed by atoms with E-state index in [0.717, 1.165) is 40.6 Å². The lowest BCUT2D eigenvalue weighted by Gasteiger charge is -2.28. The van der Waals surface area contributed by atoms with Crippen molar-refractivity contribution in [2.75, 3.05) is 5.32 Å². The summed E-state index contributed by atoms with van der Waals surface area (Å²) in [4.78, 5) is 29.2. The predicted octanol–water partition coefficient (Wildman–Crippen LogP) is 7.14. The summed E-state index contributed by atoms with van der Waals surface area (Å²) in [5, 5.41) is 14.4. The second kappa shape index (κ2) is 12.6. The number of phenolic OH excluding ortho intramolecular Hbond substituents is 1. The van der Waals surface area contributed by atoms with E-state index in [1.165, 1.54) is 0 Å². The maximum absolute atomic E-state index is 12.8. The van der Waals surface area contributed by atoms with E-state index >= 15 is 0 Å². The minimum Gasteiger partial charge on any atom is -0.507 e. The number of thioether (sulfide) groups is 1. The fraction of sp³-hybridized carbons (Fsp3) is 0.303. The van der Waals surface area contributed by atoms with Crippen molar-refractivity contribution in [2.45, 2.75) is 69.9 Å². The molecule has 8 nitrogen and oxygen atoms in total. The molecule has 46 heavy (non-hydrogen) atoms. The number of benzene rings is 3. The van der Waals surface area contributed by atoms with Gasteiger partial charge in [-0.15, -0.1) is 0 Å². The van der Waals surface area contributed by atoms with Crippen LogP contribution in [0.2, 0.25) is 0 Å². The molecule has 0 radical (unpaired) electrons. The number of hydrogen-bond donors (Lipinski definition) is 3. The van der Waals surface area contributed by atoms with Crippen molar-refractivity contribution >= 4 is 50.5 Å². The van der Waals surface area contributed by atoms with Crippen molar-refractivity contribution in [3.8, 4) is 5.75 Å². The van der Waals surface area contributed by atoms with Gasteiger partial charge in [0.05, 0.1) is 21.8 Å². The molecule has 0 bridgehead atoms. The van der Waals surface area contributed by atoms with Crippen LogP contribution >= 0.6 is 11.8 Å². The molecule has 1 heterocycles. The fourth-order valence-electron chi connectivity index (χ4n) is 4.58. The van der Waals surface area contributed by atoms with E-state index in [-0.39, 0.29) is 23.0 Å². The number of rotatable bonds is 6. The molecule has 4 rings (SSSR count). The number of carbonyl (C=O) groups is 2. The zero-order chi connectivity index (χ0) is 34.2. The molecule has 13 heteroatoms. The first-order valence-electron chi connectivity index (χ1n) is 14.1. The zero-order valence-electron chi connectivity index (χ0n) is 26.0. The Kier molecular flexibility index (Phi) is 9.52. The van der Waals surface area contributed by atoms with E-state index in [4.69, 9.17) is 0 Å². The number of amidine groups is 1. The van der Waals surface area contributed by atoms with Crippen LogP contribution in [-0.2, 0) is 43.0 Å². The van der Waals surface area contributed by atoms with Crippen LogP contribution in [0.4, 0.5) is 18.9 Å². The van der Waals surface area contributed by atoms with Crippen LogP contribution in [0.25, 0.3) is 6.08 Å². The van der Waals surface area contributed by atoms with Crippen LogP contribution in [0.5, 0.6) is 5.75 Å². The van der Waals surface area contributed by atoms with Crippen LogP contribution in [0, 0.1) is 0 Å². The van der Waals surface area contributed by atoms with Gasteiger partial charge in [-0.3, -0.25) is 9.59 Å². The third-order valence-electron chi connectivity index (χ3n) is 6.98. The number of nitrogens with one attached hydrogen (secondary N) is 2. The topological polar surface area (TPSA) is 125 Å². The molecule has 3 aromatic carbocycles. The van der Waals surface area contributed by atoms with Crippen LogP contribution < -0.4 is 10.0 Å². The smallest absolute Gasteiger partial charge is 0.416 e. The molecule has 0 spiro atoms. The van der Waals surface area contributed by atoms with Gasteiger partial charge in [0, 0.05) is 16.8 Å². The van der Waals surface area contributed by atoms with Gasteiger partial charge in [0.1, 0.15) is 5.75 Å². The van der Waals surface area contributed by atoms with Crippen molar-refractivity contribution < 1.29 is 36.3 Å². The highest BCUT2D eigenvalue weighted by Crippen LogP contribution is 2.41. The molecular formula is C33H34F3N3O5S2. The summed E-state index contributed by atoms with van der Waals surface area (Å²) in [6.45, 7) is 12.1. The lowest BCUT2D eigenvalue weighted by Crippen LogP contribution is -2.31. The largest absolute Gasteiger partial charge is 0.507 e. The van der Waals surface area contributed by atoms with Crippen molar-refractivity contribution in [2.24, 2.45) is 4.99 Å². The number of alkyl halides is 3. The Morgan fingerprint density at radius 1 is 0.913 bits per heavy atom. The van der Waals surface area contributed by atoms with Crippen molar-refractivity contribution in [1.29, 1.82) is 0 Å². The average Bonchev–Trinajstić information content (AvgIpc) is 3.26. The van der Waals surface area contributed by atoms with Gasteiger partial charge in [0.15, 0.2) is 5.17 Å². The predicted molar refractivity (Wildman–Crippen MR) is 174 cm³/mol. The highest BCUT2D eigenvalue weighted by Gasteiger charge is 2.31. The average molecular weight is 674 g/mol. The molecule has 1 aliphatic rings. The first-order valence-corrected chi connectivity index (χ1v) is 16.4. The Labute approximate surface area is 270 Å². The van der Waals surface area contributed by atoms with Gasteiger partial charge >= 0.3 is 6.18 Å². The molecule has 1 aliphatic heterocycles. The molecule has 2 amide bonds. The van der Waals surface area contributed by atoms with Crippen LogP contribution in [-0.4, -0.2) is 30.5 Å². The number of anilines is 1. The number of halogens is 3. The highest BCUT2D eigenvalue weighted by molar-refractivity contribution is 8.18. The normalized spacial score (nSPS) is 15.2. The lowest BCUT2D eigenvalue weighted by atomic mass is 9.78. The quantitative estimate of drug-likeness (QED) is 0.238. The number of amides is 2. The monoisotopic (exact) mass is 673 g/mol. The Balaban J connectivity index is 1.41. The maximum atomic E-state index is 12.8. The second-order valence-electron chi connectivity index (χ2n) is 12.8. The minimum absolute atomic E-state index is 0.243. The Bertz CT molecular complexity index is 1800. The first-order chi connectivity index (χ1) is 21.1. The second-order valence-corrected chi connectivity index (χ2v) is 15.6. The summed E-state index contributed by atoms with van der Waals surface area (Å²) in [6.07, 6.45) is -3.18. The number of aromatic hydroxyl groups is 1. The van der Waals surface area contributed by atoms with E-state index in [1.807, 2.05) is 58.4 Å². The summed E-state index contributed by atoms with van der Waals surface area (Å²) in [7, 11) is -4.37. The van der Waals surface area contributed by atoms with E-state index in [2.05, 4.69) is 10.3 Å². The number of hydrogen-bond acceptors (Lipinski definition) is 7. The van der Waals surface area contributed by atoms with Gasteiger partial charge in [-0.1, -0.05) is 53.7 Å². The highest BCUT2D eigenvalue weighted by atomic mass is 32.2. The summed E-state index contributed by atoms with van der Waals surface area (Å²) in [5.74, 6) is -1.04. The van der Waals surface area contributed by atoms with Gasteiger partial charge in [-0.2, -0.15) is 18.2 Å². The van der Waals surface area contributed by atoms with E-state index in [9.17, 15) is 36.3 Å². The Morgan fingerprint density at radius 3 is 1.96 bits per heavy atom. The third kappa shape index (κ3) is 8.38. The Hall–Kier alpha value is -4.10. The van der Waals surface area contributed by atoms with E-state index in [0.29, 0.717) is 33.5 Å². The number of phenols is 1. The van der Waals surface area contributed by atoms with Gasteiger partial charge in [-0.05, 0) is 88.3 Å². The van der Waals surface area contributed by atoms with Crippen molar-refractivity contribution in [3.05, 3.63) is 93.4 Å². The first kappa shape index (κ1) is 34.8. The molecule has 0 aliphatic carbocycles. The van der Waals surface area contributed by atoms with E-state index in [1.54, 1.807) is 30.3 Å². The summed E-state index contributed by atoms with van der Waals surface area (Å²) < 4.78 is 65.1. The summed E-state index contributed by atoms with van der Waals surface area (Å²) in [5.41, 5.74) is 1.68. The summed E-state index contributed by atoms with van der Waals surface area (Å²) >= 11 is 1.16. The number of carbonyl (C=O) groups excluding carboxylic acids is 2. The van der Waals surface area contributed by atoms with Gasteiger partial charge in [-0.25, -0.2) is 13.1 Å². The number of sulfonamides is 1. The molecule has 244 valence electrons. The van der Waals surface area contributed by atoms with Gasteiger partial charge in [0.2, 0.25) is 5.91 Å². The SMILES string of the molecule is CC(C)(C)c1cc(C=C2SC(Nc3ccc(CC(=O)NS(=O)(=O)c4ccc(C(F)(F)F)cc4)cc3)=NC2=O)cc(C(C)(C)C)c1O. The van der Waals surface area contributed by atoms with Gasteiger partial charge < -0.3 is 10.4 Å². The molecule has 0 saturated heterocycles. The third-order valence-corrected chi connectivity index (χ3v) is 9.26. The van der Waals surface area contributed by atoms with Crippen LogP contribution in [0.15, 0.2) is 75.5 Å². The molecule has 0 aromatic heterocycles. The Morgan fingerprint density at radius 2 is 1.46 bits per heavy atom. The molecule has 3 aromatic rings. The van der Waals surface area contributed by atoms with Crippen molar-refractivity contribution in [3.63, 3.8) is 0 Å². The fourth-order valence-corrected chi connectivity index (χ4v) is 6.40. The van der Waals surface area contributed by atoms with Crippen LogP contribution in [0.3, 0.4) is 0 Å². The molecule has 3 N–H and O–H groups in total. The number of nitrogens with zero attached hydrogens (tertiary/aromatic N) is 1. The maximum Gasteiger partial charge on any atom is 0.416 e. The standard InChI is InChI=1S/C33H34F3N3O5S2/c1-31(2,3)24-15-20(16-25(28(24)41)32(4,5)6)17-26-29(42)38-30(45-26)37-22-11-7-19(8-12-22)18-27(40)39-46(43,44)23-13-9-21(10-14-23)33(34,35)36/h7-17,41H,18H2,1-6H3,(H,39,40)(H,37,38,42). The van der Waals surface area contributed by atoms with Crippen LogP contribution in [0.1, 0.15) is 69.4 Å².